The smallest absolute Gasteiger partial charge is 0.243 e. The van der Waals surface area contributed by atoms with Crippen LogP contribution in [0.2, 0.25) is 0 Å². The Kier molecular flexibility index (Phi) is 5.44. The Balaban J connectivity index is 1.50. The van der Waals surface area contributed by atoms with Crippen LogP contribution in [0.15, 0.2) is 59.6 Å². The molecule has 1 aliphatic heterocycles. The Morgan fingerprint density at radius 3 is 2.76 bits per heavy atom. The standard InChI is InChI=1S/C20H19F2N3O3S/c21-16-6-7-17(22)19(10-16)29(26,27)23-11-18-20-15(8-9-28-18)13-25(24-20)12-14-4-2-1-3-5-14/h1-7,10,13,18,23H,8-9,11-12H2/t18-/m0/s1. The number of nitrogens with zero attached hydrogens (tertiary/aromatic N) is 2. The van der Waals surface area contributed by atoms with Gasteiger partial charge in [0.1, 0.15) is 22.6 Å². The summed E-state index contributed by atoms with van der Waals surface area (Å²) in [5.74, 6) is -1.85. The van der Waals surface area contributed by atoms with Gasteiger partial charge in [0, 0.05) is 12.7 Å². The quantitative estimate of drug-likeness (QED) is 0.667. The summed E-state index contributed by atoms with van der Waals surface area (Å²) < 4.78 is 61.8. The molecule has 0 amide bonds. The van der Waals surface area contributed by atoms with Crippen LogP contribution in [0.4, 0.5) is 8.78 Å². The van der Waals surface area contributed by atoms with Crippen molar-refractivity contribution in [3.05, 3.63) is 83.2 Å². The van der Waals surface area contributed by atoms with E-state index in [1.165, 1.54) is 0 Å². The summed E-state index contributed by atoms with van der Waals surface area (Å²) >= 11 is 0. The second kappa shape index (κ2) is 8.02. The molecule has 0 radical (unpaired) electrons. The van der Waals surface area contributed by atoms with E-state index in [0.29, 0.717) is 31.3 Å². The molecule has 1 N–H and O–H groups in total. The Labute approximate surface area is 167 Å². The number of nitrogens with one attached hydrogen (secondary N) is 1. The molecule has 0 saturated heterocycles. The van der Waals surface area contributed by atoms with Gasteiger partial charge in [-0.15, -0.1) is 0 Å². The summed E-state index contributed by atoms with van der Waals surface area (Å²) in [5.41, 5.74) is 2.72. The van der Waals surface area contributed by atoms with E-state index < -0.39 is 32.7 Å². The summed E-state index contributed by atoms with van der Waals surface area (Å²) in [5, 5.41) is 4.56. The molecule has 0 bridgehead atoms. The predicted molar refractivity (Wildman–Crippen MR) is 102 cm³/mol. The molecule has 9 heteroatoms. The van der Waals surface area contributed by atoms with Crippen LogP contribution in [0.5, 0.6) is 0 Å². The average Bonchev–Trinajstić information content (AvgIpc) is 3.12. The molecular weight excluding hydrogens is 400 g/mol. The average molecular weight is 419 g/mol. The maximum Gasteiger partial charge on any atom is 0.243 e. The van der Waals surface area contributed by atoms with Crippen molar-refractivity contribution in [2.24, 2.45) is 0 Å². The minimum atomic E-state index is -4.24. The molecule has 4 rings (SSSR count). The molecule has 2 aromatic carbocycles. The number of benzene rings is 2. The highest BCUT2D eigenvalue weighted by Crippen LogP contribution is 2.26. The van der Waals surface area contributed by atoms with Gasteiger partial charge in [0.25, 0.3) is 0 Å². The number of hydrogen-bond donors (Lipinski definition) is 1. The van der Waals surface area contributed by atoms with Crippen LogP contribution < -0.4 is 4.72 Å². The van der Waals surface area contributed by atoms with Gasteiger partial charge in [-0.3, -0.25) is 4.68 Å². The number of fused-ring (bicyclic) bond motifs is 1. The minimum Gasteiger partial charge on any atom is -0.370 e. The molecule has 6 nitrogen and oxygen atoms in total. The first-order chi connectivity index (χ1) is 13.9. The van der Waals surface area contributed by atoms with Gasteiger partial charge in [-0.1, -0.05) is 30.3 Å². The van der Waals surface area contributed by atoms with E-state index in [9.17, 15) is 17.2 Å². The van der Waals surface area contributed by atoms with Crippen molar-refractivity contribution < 1.29 is 21.9 Å². The van der Waals surface area contributed by atoms with E-state index in [0.717, 1.165) is 23.3 Å². The molecule has 2 heterocycles. The van der Waals surface area contributed by atoms with Gasteiger partial charge in [-0.2, -0.15) is 5.10 Å². The molecule has 29 heavy (non-hydrogen) atoms. The molecule has 152 valence electrons. The molecule has 0 saturated carbocycles. The first-order valence-electron chi connectivity index (χ1n) is 9.09. The maximum absolute atomic E-state index is 13.8. The van der Waals surface area contributed by atoms with Crippen LogP contribution in [-0.2, 0) is 27.7 Å². The Hall–Kier alpha value is -2.62. The van der Waals surface area contributed by atoms with Crippen LogP contribution in [0.1, 0.15) is 22.9 Å². The highest BCUT2D eigenvalue weighted by atomic mass is 32.2. The lowest BCUT2D eigenvalue weighted by molar-refractivity contribution is 0.0430. The summed E-state index contributed by atoms with van der Waals surface area (Å²) in [7, 11) is -4.24. The van der Waals surface area contributed by atoms with Crippen LogP contribution in [0, 0.1) is 11.6 Å². The fourth-order valence-corrected chi connectivity index (χ4v) is 4.40. The highest BCUT2D eigenvalue weighted by molar-refractivity contribution is 7.89. The van der Waals surface area contributed by atoms with Gasteiger partial charge < -0.3 is 4.74 Å². The molecule has 0 fully saturated rings. The van der Waals surface area contributed by atoms with Crippen LogP contribution in [-0.4, -0.2) is 31.3 Å². The maximum atomic E-state index is 13.8. The molecule has 1 atom stereocenters. The zero-order valence-corrected chi connectivity index (χ0v) is 16.2. The third-order valence-electron chi connectivity index (χ3n) is 4.69. The highest BCUT2D eigenvalue weighted by Gasteiger charge is 2.28. The summed E-state index contributed by atoms with van der Waals surface area (Å²) in [6.07, 6.45) is 1.99. The molecular formula is C20H19F2N3O3S. The van der Waals surface area contributed by atoms with Crippen LogP contribution in [0.3, 0.4) is 0 Å². The van der Waals surface area contributed by atoms with E-state index in [4.69, 9.17) is 4.74 Å². The van der Waals surface area contributed by atoms with E-state index in [1.807, 2.05) is 36.5 Å². The van der Waals surface area contributed by atoms with Gasteiger partial charge >= 0.3 is 0 Å². The predicted octanol–water partition coefficient (Wildman–Crippen LogP) is 2.80. The van der Waals surface area contributed by atoms with Gasteiger partial charge in [0.2, 0.25) is 10.0 Å². The van der Waals surface area contributed by atoms with Gasteiger partial charge in [-0.05, 0) is 35.7 Å². The molecule has 0 aliphatic carbocycles. The Morgan fingerprint density at radius 2 is 1.97 bits per heavy atom. The molecule has 0 spiro atoms. The van der Waals surface area contributed by atoms with Gasteiger partial charge in [0.05, 0.1) is 18.8 Å². The van der Waals surface area contributed by atoms with Crippen LogP contribution in [0.25, 0.3) is 0 Å². The summed E-state index contributed by atoms with van der Waals surface area (Å²) in [6.45, 7) is 0.874. The van der Waals surface area contributed by atoms with Crippen molar-refractivity contribution in [2.75, 3.05) is 13.2 Å². The minimum absolute atomic E-state index is 0.131. The van der Waals surface area contributed by atoms with E-state index >= 15 is 0 Å². The lowest BCUT2D eigenvalue weighted by Gasteiger charge is -2.22. The van der Waals surface area contributed by atoms with Gasteiger partial charge in [-0.25, -0.2) is 21.9 Å². The first kappa shape index (κ1) is 19.7. The fourth-order valence-electron chi connectivity index (χ4n) is 3.28. The largest absolute Gasteiger partial charge is 0.370 e. The third-order valence-corrected chi connectivity index (χ3v) is 6.13. The molecule has 1 aromatic heterocycles. The van der Waals surface area contributed by atoms with Crippen molar-refractivity contribution >= 4 is 10.0 Å². The van der Waals surface area contributed by atoms with Gasteiger partial charge in [0.15, 0.2) is 0 Å². The number of ether oxygens (including phenoxy) is 1. The topological polar surface area (TPSA) is 73.2 Å². The Bertz CT molecular complexity index is 1120. The third kappa shape index (κ3) is 4.36. The van der Waals surface area contributed by atoms with Crippen molar-refractivity contribution in [1.82, 2.24) is 14.5 Å². The number of halogens is 2. The summed E-state index contributed by atoms with van der Waals surface area (Å²) in [4.78, 5) is -0.733. The monoisotopic (exact) mass is 419 g/mol. The normalized spacial score (nSPS) is 16.6. The summed E-state index contributed by atoms with van der Waals surface area (Å²) in [6, 6.07) is 12.1. The number of rotatable bonds is 6. The first-order valence-corrected chi connectivity index (χ1v) is 10.6. The van der Waals surface area contributed by atoms with Crippen LogP contribution >= 0.6 is 0 Å². The lowest BCUT2D eigenvalue weighted by Crippen LogP contribution is -2.32. The second-order valence-corrected chi connectivity index (χ2v) is 8.49. The second-order valence-electron chi connectivity index (χ2n) is 6.76. The SMILES string of the molecule is O=S(=O)(NC[C@@H]1OCCc2cn(Cc3ccccc3)nc21)c1cc(F)ccc1F. The molecule has 0 unspecified atom stereocenters. The van der Waals surface area contributed by atoms with Crippen molar-refractivity contribution in [2.45, 2.75) is 24.0 Å². The van der Waals surface area contributed by atoms with Crippen molar-refractivity contribution in [3.63, 3.8) is 0 Å². The van der Waals surface area contributed by atoms with E-state index in [2.05, 4.69) is 9.82 Å². The van der Waals surface area contributed by atoms with Crippen molar-refractivity contribution in [3.8, 4) is 0 Å². The van der Waals surface area contributed by atoms with E-state index in [1.54, 1.807) is 4.68 Å². The zero-order chi connectivity index (χ0) is 20.4. The lowest BCUT2D eigenvalue weighted by atomic mass is 10.1. The number of aromatic nitrogens is 2. The number of hydrogen-bond acceptors (Lipinski definition) is 4. The molecule has 1 aliphatic rings. The fraction of sp³-hybridized carbons (Fsp3) is 0.250. The number of sulfonamides is 1. The van der Waals surface area contributed by atoms with Crippen molar-refractivity contribution in [1.29, 1.82) is 0 Å². The van der Waals surface area contributed by atoms with E-state index in [-0.39, 0.29) is 6.54 Å². The zero-order valence-electron chi connectivity index (χ0n) is 15.4. The Morgan fingerprint density at radius 1 is 1.17 bits per heavy atom. The molecule has 3 aromatic rings.